The summed E-state index contributed by atoms with van der Waals surface area (Å²) in [6, 6.07) is 2.41. The Morgan fingerprint density at radius 3 is 2.67 bits per heavy atom. The quantitative estimate of drug-likeness (QED) is 0.599. The maximum Gasteiger partial charge on any atom is 0.200 e. The minimum atomic E-state index is -0.940. The molecule has 0 saturated heterocycles. The van der Waals surface area contributed by atoms with E-state index in [9.17, 15) is 8.78 Å². The summed E-state index contributed by atoms with van der Waals surface area (Å²) in [7, 11) is 0. The van der Waals surface area contributed by atoms with Crippen LogP contribution in [0.3, 0.4) is 0 Å². The lowest BCUT2D eigenvalue weighted by molar-refractivity contribution is 0.285. The van der Waals surface area contributed by atoms with Crippen LogP contribution in [0.15, 0.2) is 17.0 Å². The van der Waals surface area contributed by atoms with Crippen molar-refractivity contribution in [2.45, 2.75) is 31.1 Å². The second-order valence-electron chi connectivity index (χ2n) is 3.30. The van der Waals surface area contributed by atoms with E-state index < -0.39 is 11.6 Å². The Bertz CT molecular complexity index is 329. The van der Waals surface area contributed by atoms with Gasteiger partial charge >= 0.3 is 0 Å². The van der Waals surface area contributed by atoms with Gasteiger partial charge in [-0.1, -0.05) is 19.8 Å². The zero-order valence-electron chi connectivity index (χ0n) is 8.59. The second kappa shape index (κ2) is 5.95. The number of benzene rings is 1. The average molecular weight is 232 g/mol. The van der Waals surface area contributed by atoms with Crippen LogP contribution >= 0.6 is 12.6 Å². The third kappa shape index (κ3) is 3.70. The molecule has 0 bridgehead atoms. The summed E-state index contributed by atoms with van der Waals surface area (Å²) in [6.07, 6.45) is 2.92. The molecule has 15 heavy (non-hydrogen) atoms. The zero-order chi connectivity index (χ0) is 11.3. The van der Waals surface area contributed by atoms with E-state index in [0.29, 0.717) is 11.5 Å². The number of rotatable bonds is 5. The molecule has 0 aliphatic carbocycles. The molecule has 0 radical (unpaired) electrons. The topological polar surface area (TPSA) is 9.23 Å². The molecule has 0 atom stereocenters. The molecule has 0 N–H and O–H groups in total. The number of hydrogen-bond acceptors (Lipinski definition) is 2. The lowest BCUT2D eigenvalue weighted by atomic mass is 10.2. The Morgan fingerprint density at radius 1 is 1.27 bits per heavy atom. The van der Waals surface area contributed by atoms with Crippen molar-refractivity contribution in [2.24, 2.45) is 0 Å². The maximum absolute atomic E-state index is 13.2. The van der Waals surface area contributed by atoms with Gasteiger partial charge in [0.1, 0.15) is 0 Å². The van der Waals surface area contributed by atoms with Crippen molar-refractivity contribution < 1.29 is 13.5 Å². The molecule has 1 nitrogen and oxygen atoms in total. The first kappa shape index (κ1) is 12.3. The highest BCUT2D eigenvalue weighted by Gasteiger charge is 2.10. The molecule has 1 aromatic carbocycles. The SMILES string of the molecule is CCCCCOc1cc(S)cc(F)c1F. The standard InChI is InChI=1S/C11H14F2OS/c1-2-3-4-5-14-10-7-8(15)6-9(12)11(10)13/h6-7,15H,2-5H2,1H3. The van der Waals surface area contributed by atoms with Gasteiger partial charge in [0, 0.05) is 4.90 Å². The molecule has 0 fully saturated rings. The fourth-order valence-corrected chi connectivity index (χ4v) is 1.42. The Hall–Kier alpha value is -0.770. The predicted octanol–water partition coefficient (Wildman–Crippen LogP) is 3.82. The van der Waals surface area contributed by atoms with Crippen LogP contribution in [0.25, 0.3) is 0 Å². The highest BCUT2D eigenvalue weighted by molar-refractivity contribution is 7.80. The predicted molar refractivity (Wildman–Crippen MR) is 58.6 cm³/mol. The number of thiol groups is 1. The van der Waals surface area contributed by atoms with Crippen LogP contribution in [0.4, 0.5) is 8.78 Å². The van der Waals surface area contributed by atoms with Gasteiger partial charge in [-0.05, 0) is 18.6 Å². The van der Waals surface area contributed by atoms with Gasteiger partial charge in [-0.25, -0.2) is 4.39 Å². The van der Waals surface area contributed by atoms with Crippen LogP contribution in [0, 0.1) is 11.6 Å². The summed E-state index contributed by atoms with van der Waals surface area (Å²) < 4.78 is 31.2. The molecule has 0 aromatic heterocycles. The first-order valence-electron chi connectivity index (χ1n) is 4.96. The summed E-state index contributed by atoms with van der Waals surface area (Å²) >= 11 is 3.95. The summed E-state index contributed by atoms with van der Waals surface area (Å²) in [4.78, 5) is 0.361. The molecule has 4 heteroatoms. The van der Waals surface area contributed by atoms with Gasteiger partial charge in [0.15, 0.2) is 11.6 Å². The largest absolute Gasteiger partial charge is 0.490 e. The molecule has 0 amide bonds. The Kier molecular flexibility index (Phi) is 4.88. The van der Waals surface area contributed by atoms with Crippen LogP contribution in [0.5, 0.6) is 5.75 Å². The summed E-state index contributed by atoms with van der Waals surface area (Å²) in [5, 5.41) is 0. The molecular formula is C11H14F2OS. The van der Waals surface area contributed by atoms with Gasteiger partial charge in [-0.3, -0.25) is 0 Å². The molecule has 0 unspecified atom stereocenters. The molecule has 0 spiro atoms. The normalized spacial score (nSPS) is 10.4. The van der Waals surface area contributed by atoms with E-state index in [1.165, 1.54) is 6.07 Å². The Labute approximate surface area is 93.9 Å². The van der Waals surface area contributed by atoms with Crippen LogP contribution < -0.4 is 4.74 Å². The fourth-order valence-electron chi connectivity index (χ4n) is 1.19. The summed E-state index contributed by atoms with van der Waals surface area (Å²) in [5.74, 6) is -1.92. The lowest BCUT2D eigenvalue weighted by Gasteiger charge is -2.07. The van der Waals surface area contributed by atoms with Gasteiger partial charge in [0.05, 0.1) is 6.61 Å². The van der Waals surface area contributed by atoms with E-state index in [-0.39, 0.29) is 5.75 Å². The van der Waals surface area contributed by atoms with Crippen molar-refractivity contribution in [1.29, 1.82) is 0 Å². The molecule has 84 valence electrons. The third-order valence-electron chi connectivity index (χ3n) is 1.99. The summed E-state index contributed by atoms with van der Waals surface area (Å²) in [6.45, 7) is 2.47. The van der Waals surface area contributed by atoms with Gasteiger partial charge in [0.25, 0.3) is 0 Å². The maximum atomic E-state index is 13.2. The van der Waals surface area contributed by atoms with E-state index in [2.05, 4.69) is 19.6 Å². The number of unbranched alkanes of at least 4 members (excludes halogenated alkanes) is 2. The number of ether oxygens (including phenoxy) is 1. The molecule has 0 aliphatic rings. The van der Waals surface area contributed by atoms with Crippen LogP contribution in [-0.4, -0.2) is 6.61 Å². The van der Waals surface area contributed by atoms with Crippen molar-refractivity contribution in [3.8, 4) is 5.75 Å². The average Bonchev–Trinajstić information content (AvgIpc) is 2.19. The van der Waals surface area contributed by atoms with E-state index in [1.807, 2.05) is 0 Å². The van der Waals surface area contributed by atoms with Crippen molar-refractivity contribution >= 4 is 12.6 Å². The number of hydrogen-bond donors (Lipinski definition) is 1. The molecule has 1 aromatic rings. The minimum absolute atomic E-state index is 0.0592. The molecule has 0 heterocycles. The highest BCUT2D eigenvalue weighted by atomic mass is 32.1. The molecule has 1 rings (SSSR count). The number of halogens is 2. The zero-order valence-corrected chi connectivity index (χ0v) is 9.49. The third-order valence-corrected chi connectivity index (χ3v) is 2.24. The highest BCUT2D eigenvalue weighted by Crippen LogP contribution is 2.24. The van der Waals surface area contributed by atoms with Gasteiger partial charge in [0.2, 0.25) is 5.82 Å². The second-order valence-corrected chi connectivity index (χ2v) is 3.81. The van der Waals surface area contributed by atoms with E-state index in [1.54, 1.807) is 0 Å². The van der Waals surface area contributed by atoms with Gasteiger partial charge < -0.3 is 4.74 Å². The van der Waals surface area contributed by atoms with Crippen LogP contribution in [0.2, 0.25) is 0 Å². The van der Waals surface area contributed by atoms with Gasteiger partial charge in [-0.2, -0.15) is 4.39 Å². The van der Waals surface area contributed by atoms with Crippen molar-refractivity contribution in [1.82, 2.24) is 0 Å². The van der Waals surface area contributed by atoms with Crippen molar-refractivity contribution in [2.75, 3.05) is 6.61 Å². The van der Waals surface area contributed by atoms with E-state index >= 15 is 0 Å². The lowest BCUT2D eigenvalue weighted by Crippen LogP contribution is -2.00. The van der Waals surface area contributed by atoms with Gasteiger partial charge in [-0.15, -0.1) is 12.6 Å². The summed E-state index contributed by atoms with van der Waals surface area (Å²) in [5.41, 5.74) is 0. The Balaban J connectivity index is 2.60. The molecule has 0 aliphatic heterocycles. The smallest absolute Gasteiger partial charge is 0.200 e. The van der Waals surface area contributed by atoms with Crippen molar-refractivity contribution in [3.63, 3.8) is 0 Å². The van der Waals surface area contributed by atoms with Crippen LogP contribution in [0.1, 0.15) is 26.2 Å². The van der Waals surface area contributed by atoms with E-state index in [0.717, 1.165) is 25.3 Å². The fraction of sp³-hybridized carbons (Fsp3) is 0.455. The van der Waals surface area contributed by atoms with Crippen molar-refractivity contribution in [3.05, 3.63) is 23.8 Å². The first-order valence-corrected chi connectivity index (χ1v) is 5.40. The monoisotopic (exact) mass is 232 g/mol. The molecular weight excluding hydrogens is 218 g/mol. The minimum Gasteiger partial charge on any atom is -0.490 e. The molecule has 0 saturated carbocycles. The first-order chi connectivity index (χ1) is 7.15. The Morgan fingerprint density at radius 2 is 2.00 bits per heavy atom. The van der Waals surface area contributed by atoms with E-state index in [4.69, 9.17) is 4.74 Å². The van der Waals surface area contributed by atoms with Crippen LogP contribution in [-0.2, 0) is 0 Å².